The lowest BCUT2D eigenvalue weighted by Crippen LogP contribution is -2.42. The van der Waals surface area contributed by atoms with E-state index in [-0.39, 0.29) is 5.41 Å². The largest absolute Gasteiger partial charge is 0.497 e. The number of ether oxygens (including phenoxy) is 2. The molecule has 1 unspecified atom stereocenters. The van der Waals surface area contributed by atoms with Gasteiger partial charge in [0, 0.05) is 26.1 Å². The highest BCUT2D eigenvalue weighted by Crippen LogP contribution is 2.52. The first kappa shape index (κ1) is 21.5. The normalized spacial score (nSPS) is 22.7. The molecular formula is C27H34N2O3. The molecule has 2 saturated heterocycles. The predicted octanol–water partition coefficient (Wildman–Crippen LogP) is 3.97. The summed E-state index contributed by atoms with van der Waals surface area (Å²) in [6.07, 6.45) is 4.08. The molecule has 32 heavy (non-hydrogen) atoms. The van der Waals surface area contributed by atoms with Crippen molar-refractivity contribution in [3.63, 3.8) is 0 Å². The van der Waals surface area contributed by atoms with Crippen LogP contribution in [0.2, 0.25) is 0 Å². The number of likely N-dealkylation sites (tertiary alicyclic amines) is 1. The standard InChI is InChI=1S/C27H34N2O3/c1-31-23-8-6-21(7-9-23)20-28-12-10-27(11-13-28)19-22(24-4-2-3-5-25(24)27)18-26(30)29-14-16-32-17-15-29/h2-9,22H,10-20H2,1H3. The molecule has 0 aromatic heterocycles. The summed E-state index contributed by atoms with van der Waals surface area (Å²) < 4.78 is 10.7. The van der Waals surface area contributed by atoms with Crippen molar-refractivity contribution in [3.05, 3.63) is 65.2 Å². The average Bonchev–Trinajstić information content (AvgIpc) is 3.14. The number of fused-ring (bicyclic) bond motifs is 2. The van der Waals surface area contributed by atoms with Crippen molar-refractivity contribution in [2.45, 2.75) is 43.6 Å². The number of hydrogen-bond acceptors (Lipinski definition) is 4. The summed E-state index contributed by atoms with van der Waals surface area (Å²) in [6, 6.07) is 17.3. The summed E-state index contributed by atoms with van der Waals surface area (Å²) in [5.74, 6) is 1.54. The maximum Gasteiger partial charge on any atom is 0.223 e. The molecule has 1 aliphatic carbocycles. The number of methoxy groups -OCH3 is 1. The van der Waals surface area contributed by atoms with Crippen LogP contribution in [0.25, 0.3) is 0 Å². The molecule has 5 rings (SSSR count). The second-order valence-corrected chi connectivity index (χ2v) is 9.59. The smallest absolute Gasteiger partial charge is 0.223 e. The molecule has 0 saturated carbocycles. The van der Waals surface area contributed by atoms with Gasteiger partial charge in [-0.2, -0.15) is 0 Å². The predicted molar refractivity (Wildman–Crippen MR) is 125 cm³/mol. The number of nitrogens with zero attached hydrogens (tertiary/aromatic N) is 2. The fraction of sp³-hybridized carbons (Fsp3) is 0.519. The Morgan fingerprint density at radius 3 is 2.47 bits per heavy atom. The highest BCUT2D eigenvalue weighted by molar-refractivity contribution is 5.77. The van der Waals surface area contributed by atoms with Gasteiger partial charge in [0.05, 0.1) is 20.3 Å². The number of carbonyl (C=O) groups is 1. The number of carbonyl (C=O) groups excluding carboxylic acids is 1. The van der Waals surface area contributed by atoms with Crippen molar-refractivity contribution in [1.29, 1.82) is 0 Å². The summed E-state index contributed by atoms with van der Waals surface area (Å²) in [7, 11) is 1.71. The molecule has 2 aromatic carbocycles. The zero-order valence-electron chi connectivity index (χ0n) is 19.1. The van der Waals surface area contributed by atoms with E-state index in [1.54, 1.807) is 7.11 Å². The van der Waals surface area contributed by atoms with Gasteiger partial charge in [-0.1, -0.05) is 36.4 Å². The van der Waals surface area contributed by atoms with E-state index >= 15 is 0 Å². The molecular weight excluding hydrogens is 400 g/mol. The Morgan fingerprint density at radius 1 is 1.03 bits per heavy atom. The Balaban J connectivity index is 1.25. The highest BCUT2D eigenvalue weighted by atomic mass is 16.5. The molecule has 5 nitrogen and oxygen atoms in total. The number of benzene rings is 2. The van der Waals surface area contributed by atoms with Crippen LogP contribution in [0.15, 0.2) is 48.5 Å². The lowest BCUT2D eigenvalue weighted by atomic mass is 9.73. The Hall–Kier alpha value is -2.37. The molecule has 2 fully saturated rings. The minimum atomic E-state index is 0.225. The van der Waals surface area contributed by atoms with E-state index in [9.17, 15) is 4.79 Å². The molecule has 0 bridgehead atoms. The lowest BCUT2D eigenvalue weighted by Gasteiger charge is -2.40. The van der Waals surface area contributed by atoms with E-state index in [0.29, 0.717) is 31.5 Å². The summed E-state index contributed by atoms with van der Waals surface area (Å²) in [5, 5.41) is 0. The van der Waals surface area contributed by atoms with Gasteiger partial charge < -0.3 is 14.4 Å². The van der Waals surface area contributed by atoms with Crippen molar-refractivity contribution >= 4 is 5.91 Å². The molecule has 5 heteroatoms. The van der Waals surface area contributed by atoms with Crippen molar-refractivity contribution in [3.8, 4) is 5.75 Å². The van der Waals surface area contributed by atoms with Gasteiger partial charge in [-0.15, -0.1) is 0 Å². The lowest BCUT2D eigenvalue weighted by molar-refractivity contribution is -0.135. The van der Waals surface area contributed by atoms with Gasteiger partial charge >= 0.3 is 0 Å². The fourth-order valence-corrected chi connectivity index (χ4v) is 5.96. The van der Waals surface area contributed by atoms with Crippen molar-refractivity contribution in [2.75, 3.05) is 46.5 Å². The summed E-state index contributed by atoms with van der Waals surface area (Å²) in [6.45, 7) is 5.99. The van der Waals surface area contributed by atoms with Gasteiger partial charge in [0.25, 0.3) is 0 Å². The molecule has 2 aromatic rings. The molecule has 0 radical (unpaired) electrons. The number of amides is 1. The van der Waals surface area contributed by atoms with Crippen molar-refractivity contribution in [2.24, 2.45) is 0 Å². The fourth-order valence-electron chi connectivity index (χ4n) is 5.96. The zero-order chi connectivity index (χ0) is 22.0. The van der Waals surface area contributed by atoms with Gasteiger partial charge in [-0.05, 0) is 72.5 Å². The minimum Gasteiger partial charge on any atom is -0.497 e. The molecule has 1 spiro atoms. The van der Waals surface area contributed by atoms with Crippen molar-refractivity contribution in [1.82, 2.24) is 9.80 Å². The van der Waals surface area contributed by atoms with Crippen LogP contribution in [0, 0.1) is 0 Å². The third kappa shape index (κ3) is 4.28. The van der Waals surface area contributed by atoms with Crippen LogP contribution in [0.1, 0.15) is 48.3 Å². The molecule has 2 heterocycles. The van der Waals surface area contributed by atoms with Gasteiger partial charge in [0.1, 0.15) is 5.75 Å². The highest BCUT2D eigenvalue weighted by Gasteiger charge is 2.45. The van der Waals surface area contributed by atoms with Crippen LogP contribution in [0.4, 0.5) is 0 Å². The topological polar surface area (TPSA) is 42.0 Å². The first-order valence-corrected chi connectivity index (χ1v) is 12.0. The SMILES string of the molecule is COc1ccc(CN2CCC3(CC2)CC(CC(=O)N2CCOCC2)c2ccccc23)cc1. The summed E-state index contributed by atoms with van der Waals surface area (Å²) in [5.41, 5.74) is 4.48. The van der Waals surface area contributed by atoms with Crippen LogP contribution >= 0.6 is 0 Å². The monoisotopic (exact) mass is 434 g/mol. The average molecular weight is 435 g/mol. The molecule has 2 aliphatic heterocycles. The summed E-state index contributed by atoms with van der Waals surface area (Å²) >= 11 is 0. The number of piperidine rings is 1. The molecule has 1 amide bonds. The van der Waals surface area contributed by atoms with Gasteiger partial charge in [0.2, 0.25) is 5.91 Å². The van der Waals surface area contributed by atoms with Crippen LogP contribution in [0.3, 0.4) is 0 Å². The Morgan fingerprint density at radius 2 is 1.75 bits per heavy atom. The van der Waals surface area contributed by atoms with E-state index in [1.165, 1.54) is 29.5 Å². The number of rotatable bonds is 5. The van der Waals surface area contributed by atoms with Crippen LogP contribution in [-0.2, 0) is 21.5 Å². The minimum absolute atomic E-state index is 0.225. The van der Waals surface area contributed by atoms with Crippen LogP contribution in [0.5, 0.6) is 5.75 Å². The third-order valence-corrected chi connectivity index (χ3v) is 7.77. The molecule has 1 atom stereocenters. The second-order valence-electron chi connectivity index (χ2n) is 9.59. The van der Waals surface area contributed by atoms with E-state index in [4.69, 9.17) is 9.47 Å². The zero-order valence-corrected chi connectivity index (χ0v) is 19.1. The maximum atomic E-state index is 13.0. The molecule has 3 aliphatic rings. The Bertz CT molecular complexity index is 928. The Kier molecular flexibility index (Phi) is 6.20. The molecule has 0 N–H and O–H groups in total. The van der Waals surface area contributed by atoms with Gasteiger partial charge in [-0.3, -0.25) is 9.69 Å². The first-order valence-electron chi connectivity index (χ1n) is 12.0. The second kappa shape index (κ2) is 9.24. The van der Waals surface area contributed by atoms with E-state index in [1.807, 2.05) is 17.0 Å². The van der Waals surface area contributed by atoms with Crippen LogP contribution in [-0.4, -0.2) is 62.2 Å². The van der Waals surface area contributed by atoms with Crippen molar-refractivity contribution < 1.29 is 14.3 Å². The van der Waals surface area contributed by atoms with Crippen LogP contribution < -0.4 is 4.74 Å². The number of hydrogen-bond donors (Lipinski definition) is 0. The van der Waals surface area contributed by atoms with E-state index in [2.05, 4.69) is 41.3 Å². The maximum absolute atomic E-state index is 13.0. The van der Waals surface area contributed by atoms with E-state index in [0.717, 1.165) is 44.9 Å². The quantitative estimate of drug-likeness (QED) is 0.714. The van der Waals surface area contributed by atoms with E-state index < -0.39 is 0 Å². The van der Waals surface area contributed by atoms with Gasteiger partial charge in [-0.25, -0.2) is 0 Å². The molecule has 170 valence electrons. The third-order valence-electron chi connectivity index (χ3n) is 7.77. The Labute approximate surface area is 191 Å². The number of morpholine rings is 1. The van der Waals surface area contributed by atoms with Gasteiger partial charge in [0.15, 0.2) is 0 Å². The first-order chi connectivity index (χ1) is 15.7. The summed E-state index contributed by atoms with van der Waals surface area (Å²) in [4.78, 5) is 17.6.